The van der Waals surface area contributed by atoms with Gasteiger partial charge in [-0.3, -0.25) is 4.79 Å². The number of benzene rings is 1. The Kier molecular flexibility index (Phi) is 6.88. The molecule has 146 valence electrons. The van der Waals surface area contributed by atoms with E-state index in [0.717, 1.165) is 6.42 Å². The van der Waals surface area contributed by atoms with Gasteiger partial charge in [0.05, 0.1) is 25.0 Å². The first-order valence-electron chi connectivity index (χ1n) is 8.86. The Labute approximate surface area is 155 Å². The van der Waals surface area contributed by atoms with E-state index < -0.39 is 10.0 Å². The molecule has 1 saturated heterocycles. The van der Waals surface area contributed by atoms with Gasteiger partial charge in [0.1, 0.15) is 0 Å². The van der Waals surface area contributed by atoms with Gasteiger partial charge in [0.2, 0.25) is 15.9 Å². The zero-order valence-electron chi connectivity index (χ0n) is 15.8. The highest BCUT2D eigenvalue weighted by molar-refractivity contribution is 7.89. The Bertz CT molecular complexity index is 735. The maximum Gasteiger partial charge on any atom is 0.243 e. The van der Waals surface area contributed by atoms with Gasteiger partial charge in [-0.25, -0.2) is 8.42 Å². The number of hydrogen-bond donors (Lipinski definition) is 1. The molecule has 1 fully saturated rings. The van der Waals surface area contributed by atoms with Crippen molar-refractivity contribution in [3.05, 3.63) is 18.2 Å². The van der Waals surface area contributed by atoms with E-state index in [9.17, 15) is 13.2 Å². The summed E-state index contributed by atoms with van der Waals surface area (Å²) >= 11 is 0. The predicted octanol–water partition coefficient (Wildman–Crippen LogP) is 2.02. The quantitative estimate of drug-likeness (QED) is 0.777. The number of sulfonamides is 1. The number of nitrogens with one attached hydrogen (secondary N) is 1. The second-order valence-corrected chi connectivity index (χ2v) is 8.47. The first-order valence-corrected chi connectivity index (χ1v) is 10.3. The molecule has 1 aliphatic heterocycles. The Morgan fingerprint density at radius 3 is 2.62 bits per heavy atom. The van der Waals surface area contributed by atoms with Crippen LogP contribution in [0.1, 0.15) is 33.1 Å². The summed E-state index contributed by atoms with van der Waals surface area (Å²) in [6, 6.07) is 4.61. The maximum absolute atomic E-state index is 13.0. The highest BCUT2D eigenvalue weighted by Crippen LogP contribution is 2.32. The molecule has 0 saturated carbocycles. The summed E-state index contributed by atoms with van der Waals surface area (Å²) in [4.78, 5) is 12.5. The average molecular weight is 384 g/mol. The van der Waals surface area contributed by atoms with E-state index in [0.29, 0.717) is 30.9 Å². The minimum Gasteiger partial charge on any atom is -0.493 e. The van der Waals surface area contributed by atoms with Crippen LogP contribution in [0.3, 0.4) is 0 Å². The van der Waals surface area contributed by atoms with Gasteiger partial charge < -0.3 is 14.8 Å². The SMILES string of the molecule is CC[C@H](C)NC(=O)[C@H]1CCCN(S(=O)(=O)c2ccc(OC)c(OC)c2)C1. The number of methoxy groups -OCH3 is 2. The second kappa shape index (κ2) is 8.73. The van der Waals surface area contributed by atoms with Crippen LogP contribution in [-0.4, -0.2) is 52.0 Å². The van der Waals surface area contributed by atoms with Crippen LogP contribution in [-0.2, 0) is 14.8 Å². The van der Waals surface area contributed by atoms with Crippen molar-refractivity contribution < 1.29 is 22.7 Å². The van der Waals surface area contributed by atoms with Crippen LogP contribution in [0.15, 0.2) is 23.1 Å². The lowest BCUT2D eigenvalue weighted by Crippen LogP contribution is -2.46. The molecule has 1 N–H and O–H groups in total. The van der Waals surface area contributed by atoms with E-state index >= 15 is 0 Å². The zero-order chi connectivity index (χ0) is 19.3. The minimum atomic E-state index is -3.70. The largest absolute Gasteiger partial charge is 0.493 e. The van der Waals surface area contributed by atoms with Crippen molar-refractivity contribution in [3.63, 3.8) is 0 Å². The first kappa shape index (κ1) is 20.5. The van der Waals surface area contributed by atoms with E-state index in [1.807, 2.05) is 13.8 Å². The van der Waals surface area contributed by atoms with Crippen molar-refractivity contribution in [2.75, 3.05) is 27.3 Å². The van der Waals surface area contributed by atoms with Crippen LogP contribution in [0.4, 0.5) is 0 Å². The fourth-order valence-electron chi connectivity index (χ4n) is 2.96. The summed E-state index contributed by atoms with van der Waals surface area (Å²) in [6.07, 6.45) is 2.19. The van der Waals surface area contributed by atoms with Gasteiger partial charge in [-0.15, -0.1) is 0 Å². The summed E-state index contributed by atoms with van der Waals surface area (Å²) in [5.41, 5.74) is 0. The van der Waals surface area contributed by atoms with Crippen LogP contribution in [0.5, 0.6) is 11.5 Å². The molecule has 1 aromatic carbocycles. The third-order valence-corrected chi connectivity index (χ3v) is 6.61. The molecule has 0 radical (unpaired) electrons. The molecule has 0 unspecified atom stereocenters. The van der Waals surface area contributed by atoms with Crippen LogP contribution >= 0.6 is 0 Å². The monoisotopic (exact) mass is 384 g/mol. The van der Waals surface area contributed by atoms with E-state index in [4.69, 9.17) is 9.47 Å². The van der Waals surface area contributed by atoms with Gasteiger partial charge in [0, 0.05) is 25.2 Å². The van der Waals surface area contributed by atoms with Crippen molar-refractivity contribution in [3.8, 4) is 11.5 Å². The van der Waals surface area contributed by atoms with Crippen molar-refractivity contribution >= 4 is 15.9 Å². The summed E-state index contributed by atoms with van der Waals surface area (Å²) < 4.78 is 37.7. The molecule has 0 aliphatic carbocycles. The first-order chi connectivity index (χ1) is 12.3. The molecule has 1 aromatic rings. The molecule has 1 amide bonds. The molecule has 1 aliphatic rings. The lowest BCUT2D eigenvalue weighted by atomic mass is 9.98. The lowest BCUT2D eigenvalue weighted by molar-refractivity contribution is -0.126. The summed E-state index contributed by atoms with van der Waals surface area (Å²) in [5.74, 6) is 0.423. The fourth-order valence-corrected chi connectivity index (χ4v) is 4.50. The number of piperidine rings is 1. The molecular formula is C18H28N2O5S. The number of ether oxygens (including phenoxy) is 2. The third-order valence-electron chi connectivity index (χ3n) is 4.75. The molecule has 8 heteroatoms. The van der Waals surface area contributed by atoms with Crippen LogP contribution in [0.2, 0.25) is 0 Å². The van der Waals surface area contributed by atoms with Crippen molar-refractivity contribution in [2.45, 2.75) is 44.0 Å². The van der Waals surface area contributed by atoms with E-state index in [-0.39, 0.29) is 29.3 Å². The van der Waals surface area contributed by atoms with Gasteiger partial charge in [-0.2, -0.15) is 4.31 Å². The Balaban J connectivity index is 2.19. The number of carbonyl (C=O) groups is 1. The number of rotatable bonds is 7. The van der Waals surface area contributed by atoms with E-state index in [1.165, 1.54) is 30.7 Å². The standard InChI is InChI=1S/C18H28N2O5S/c1-5-13(2)19-18(21)14-7-6-10-20(12-14)26(22,23)15-8-9-16(24-3)17(11-15)25-4/h8-9,11,13-14H,5-7,10,12H2,1-4H3,(H,19,21)/t13-,14-/m0/s1. The summed E-state index contributed by atoms with van der Waals surface area (Å²) in [6.45, 7) is 4.54. The maximum atomic E-state index is 13.0. The molecule has 0 bridgehead atoms. The van der Waals surface area contributed by atoms with Gasteiger partial charge in [0.15, 0.2) is 11.5 Å². The highest BCUT2D eigenvalue weighted by atomic mass is 32.2. The zero-order valence-corrected chi connectivity index (χ0v) is 16.6. The highest BCUT2D eigenvalue weighted by Gasteiger charge is 2.34. The number of carbonyl (C=O) groups excluding carboxylic acids is 1. The molecule has 0 aromatic heterocycles. The molecular weight excluding hydrogens is 356 g/mol. The third kappa shape index (κ3) is 4.48. The number of hydrogen-bond acceptors (Lipinski definition) is 5. The molecule has 2 rings (SSSR count). The predicted molar refractivity (Wildman–Crippen MR) is 98.9 cm³/mol. The Hall–Kier alpha value is -1.80. The van der Waals surface area contributed by atoms with Crippen molar-refractivity contribution in [2.24, 2.45) is 5.92 Å². The summed E-state index contributed by atoms with van der Waals surface area (Å²) in [5, 5.41) is 2.95. The molecule has 1 heterocycles. The normalized spacial score (nSPS) is 19.6. The van der Waals surface area contributed by atoms with Crippen molar-refractivity contribution in [1.82, 2.24) is 9.62 Å². The summed E-state index contributed by atoms with van der Waals surface area (Å²) in [7, 11) is -0.742. The van der Waals surface area contributed by atoms with E-state index in [1.54, 1.807) is 6.07 Å². The topological polar surface area (TPSA) is 84.9 Å². The van der Waals surface area contributed by atoms with Gasteiger partial charge in [-0.05, 0) is 38.3 Å². The molecule has 26 heavy (non-hydrogen) atoms. The minimum absolute atomic E-state index is 0.0773. The number of amides is 1. The number of nitrogens with zero attached hydrogens (tertiary/aromatic N) is 1. The smallest absolute Gasteiger partial charge is 0.243 e. The van der Waals surface area contributed by atoms with E-state index in [2.05, 4.69) is 5.32 Å². The van der Waals surface area contributed by atoms with Crippen LogP contribution < -0.4 is 14.8 Å². The molecule has 7 nitrogen and oxygen atoms in total. The second-order valence-electron chi connectivity index (χ2n) is 6.54. The van der Waals surface area contributed by atoms with Gasteiger partial charge in [0.25, 0.3) is 0 Å². The Morgan fingerprint density at radius 2 is 2.00 bits per heavy atom. The van der Waals surface area contributed by atoms with Gasteiger partial charge in [-0.1, -0.05) is 6.92 Å². The Morgan fingerprint density at radius 1 is 1.31 bits per heavy atom. The van der Waals surface area contributed by atoms with Gasteiger partial charge >= 0.3 is 0 Å². The van der Waals surface area contributed by atoms with Crippen molar-refractivity contribution in [1.29, 1.82) is 0 Å². The molecule has 2 atom stereocenters. The van der Waals surface area contributed by atoms with Crippen LogP contribution in [0, 0.1) is 5.92 Å². The fraction of sp³-hybridized carbons (Fsp3) is 0.611. The molecule has 0 spiro atoms. The average Bonchev–Trinajstić information content (AvgIpc) is 2.67. The van der Waals surface area contributed by atoms with Crippen LogP contribution in [0.25, 0.3) is 0 Å². The lowest BCUT2D eigenvalue weighted by Gasteiger charge is -2.32.